The normalized spacial score (nSPS) is 12.9. The zero-order valence-corrected chi connectivity index (χ0v) is 12.3. The van der Waals surface area contributed by atoms with Crippen LogP contribution in [0.25, 0.3) is 0 Å². The second kappa shape index (κ2) is 7.38. The van der Waals surface area contributed by atoms with Crippen LogP contribution in [0.1, 0.15) is 22.9 Å². The Morgan fingerprint density at radius 2 is 2.00 bits per heavy atom. The predicted octanol–water partition coefficient (Wildman–Crippen LogP) is 2.33. The first-order valence-electron chi connectivity index (χ1n) is 6.82. The number of aliphatic hydroxyl groups is 1. The minimum absolute atomic E-state index is 0.0423. The highest BCUT2D eigenvalue weighted by molar-refractivity contribution is 5.31. The molecule has 8 heteroatoms. The summed E-state index contributed by atoms with van der Waals surface area (Å²) in [6.45, 7) is 0.226. The van der Waals surface area contributed by atoms with Crippen LogP contribution in [0.3, 0.4) is 0 Å². The van der Waals surface area contributed by atoms with E-state index in [1.54, 1.807) is 6.07 Å². The molecule has 0 radical (unpaired) electrons. The lowest BCUT2D eigenvalue weighted by atomic mass is 10.0. The van der Waals surface area contributed by atoms with E-state index in [1.165, 1.54) is 31.5 Å². The molecule has 1 heterocycles. The number of methoxy groups -OCH3 is 1. The third-order valence-electron chi connectivity index (χ3n) is 3.14. The molecule has 124 valence electrons. The summed E-state index contributed by atoms with van der Waals surface area (Å²) in [5, 5.41) is 12.9. The standard InChI is InChI=1S/C15H16F3N3O2/c1-23-14-20-7-6-10(21-14)8-19-9-13(22)11-4-2-3-5-12(11)15(16,17)18/h2-7,13,19,22H,8-9H2,1H3. The lowest BCUT2D eigenvalue weighted by molar-refractivity contribution is -0.139. The van der Waals surface area contributed by atoms with Gasteiger partial charge in [0.2, 0.25) is 0 Å². The summed E-state index contributed by atoms with van der Waals surface area (Å²) in [6, 6.07) is 6.82. The molecule has 0 spiro atoms. The maximum absolute atomic E-state index is 12.9. The number of hydrogen-bond donors (Lipinski definition) is 2. The number of benzene rings is 1. The second-order valence-electron chi connectivity index (χ2n) is 4.77. The molecule has 0 fully saturated rings. The predicted molar refractivity (Wildman–Crippen MR) is 76.7 cm³/mol. The first-order chi connectivity index (χ1) is 10.9. The summed E-state index contributed by atoms with van der Waals surface area (Å²) >= 11 is 0. The third kappa shape index (κ3) is 4.64. The van der Waals surface area contributed by atoms with E-state index in [0.29, 0.717) is 5.69 Å². The summed E-state index contributed by atoms with van der Waals surface area (Å²) in [5.74, 6) is 0. The highest BCUT2D eigenvalue weighted by atomic mass is 19.4. The monoisotopic (exact) mass is 327 g/mol. The number of alkyl halides is 3. The third-order valence-corrected chi connectivity index (χ3v) is 3.14. The van der Waals surface area contributed by atoms with Crippen LogP contribution in [0.4, 0.5) is 13.2 Å². The van der Waals surface area contributed by atoms with Crippen molar-refractivity contribution in [3.05, 3.63) is 53.3 Å². The van der Waals surface area contributed by atoms with Crippen molar-refractivity contribution in [2.24, 2.45) is 0 Å². The number of halogens is 3. The highest BCUT2D eigenvalue weighted by Crippen LogP contribution is 2.34. The van der Waals surface area contributed by atoms with E-state index in [1.807, 2.05) is 0 Å². The van der Waals surface area contributed by atoms with Crippen molar-refractivity contribution in [2.75, 3.05) is 13.7 Å². The van der Waals surface area contributed by atoms with Crippen LogP contribution in [0.15, 0.2) is 36.5 Å². The zero-order valence-electron chi connectivity index (χ0n) is 12.3. The van der Waals surface area contributed by atoms with Crippen LogP contribution in [-0.4, -0.2) is 28.7 Å². The molecule has 0 bridgehead atoms. The Bertz CT molecular complexity index is 650. The van der Waals surface area contributed by atoms with E-state index in [0.717, 1.165) is 6.07 Å². The van der Waals surface area contributed by atoms with E-state index in [-0.39, 0.29) is 24.7 Å². The van der Waals surface area contributed by atoms with E-state index in [2.05, 4.69) is 15.3 Å². The molecule has 1 atom stereocenters. The van der Waals surface area contributed by atoms with E-state index in [9.17, 15) is 18.3 Å². The fraction of sp³-hybridized carbons (Fsp3) is 0.333. The molecular weight excluding hydrogens is 311 g/mol. The molecule has 5 nitrogen and oxygen atoms in total. The first kappa shape index (κ1) is 17.2. The zero-order chi connectivity index (χ0) is 16.9. The van der Waals surface area contributed by atoms with Crippen molar-refractivity contribution in [1.82, 2.24) is 15.3 Å². The maximum atomic E-state index is 12.9. The van der Waals surface area contributed by atoms with Gasteiger partial charge in [-0.2, -0.15) is 18.2 Å². The average Bonchev–Trinajstić information content (AvgIpc) is 2.54. The van der Waals surface area contributed by atoms with Gasteiger partial charge >= 0.3 is 12.2 Å². The Balaban J connectivity index is 1.99. The Labute approximate surface area is 131 Å². The van der Waals surface area contributed by atoms with Crippen molar-refractivity contribution in [3.63, 3.8) is 0 Å². The lowest BCUT2D eigenvalue weighted by Gasteiger charge is -2.17. The van der Waals surface area contributed by atoms with Gasteiger partial charge in [0.1, 0.15) is 0 Å². The summed E-state index contributed by atoms with van der Waals surface area (Å²) < 4.78 is 43.6. The molecular formula is C15H16F3N3O2. The fourth-order valence-corrected chi connectivity index (χ4v) is 2.07. The molecule has 1 aromatic carbocycles. The summed E-state index contributed by atoms with van der Waals surface area (Å²) in [5.41, 5.74) is -0.390. The van der Waals surface area contributed by atoms with Crippen LogP contribution in [0.5, 0.6) is 6.01 Å². The topological polar surface area (TPSA) is 67.3 Å². The van der Waals surface area contributed by atoms with Crippen molar-refractivity contribution >= 4 is 0 Å². The molecule has 23 heavy (non-hydrogen) atoms. The number of nitrogens with zero attached hydrogens (tertiary/aromatic N) is 2. The molecule has 0 saturated carbocycles. The van der Waals surface area contributed by atoms with Crippen molar-refractivity contribution in [1.29, 1.82) is 0 Å². The van der Waals surface area contributed by atoms with Crippen molar-refractivity contribution in [2.45, 2.75) is 18.8 Å². The Morgan fingerprint density at radius 3 is 2.70 bits per heavy atom. The molecule has 1 aromatic heterocycles. The lowest BCUT2D eigenvalue weighted by Crippen LogP contribution is -2.23. The number of aromatic nitrogens is 2. The number of hydrogen-bond acceptors (Lipinski definition) is 5. The summed E-state index contributed by atoms with van der Waals surface area (Å²) in [4.78, 5) is 7.91. The molecule has 2 aromatic rings. The Kier molecular flexibility index (Phi) is 5.51. The van der Waals surface area contributed by atoms with E-state index >= 15 is 0 Å². The second-order valence-corrected chi connectivity index (χ2v) is 4.77. The van der Waals surface area contributed by atoms with Gasteiger partial charge in [0.25, 0.3) is 0 Å². The van der Waals surface area contributed by atoms with Crippen molar-refractivity contribution < 1.29 is 23.0 Å². The molecule has 1 unspecified atom stereocenters. The minimum Gasteiger partial charge on any atom is -0.467 e. The smallest absolute Gasteiger partial charge is 0.416 e. The average molecular weight is 327 g/mol. The molecule has 2 N–H and O–H groups in total. The Morgan fingerprint density at radius 1 is 1.26 bits per heavy atom. The van der Waals surface area contributed by atoms with Crippen molar-refractivity contribution in [3.8, 4) is 6.01 Å². The van der Waals surface area contributed by atoms with Crippen LogP contribution >= 0.6 is 0 Å². The molecule has 0 amide bonds. The number of aliphatic hydroxyl groups excluding tert-OH is 1. The quantitative estimate of drug-likeness (QED) is 0.852. The van der Waals surface area contributed by atoms with Crippen LogP contribution in [0.2, 0.25) is 0 Å². The van der Waals surface area contributed by atoms with Gasteiger partial charge in [-0.25, -0.2) is 4.98 Å². The van der Waals surface area contributed by atoms with E-state index in [4.69, 9.17) is 4.74 Å². The molecule has 0 saturated heterocycles. The van der Waals surface area contributed by atoms with Gasteiger partial charge in [-0.3, -0.25) is 0 Å². The maximum Gasteiger partial charge on any atom is 0.416 e. The number of nitrogens with one attached hydrogen (secondary N) is 1. The summed E-state index contributed by atoms with van der Waals surface area (Å²) in [6.07, 6.45) is -4.27. The van der Waals surface area contributed by atoms with Gasteiger partial charge in [0.15, 0.2) is 0 Å². The van der Waals surface area contributed by atoms with Gasteiger partial charge in [-0.05, 0) is 17.7 Å². The molecule has 0 aliphatic heterocycles. The number of ether oxygens (including phenoxy) is 1. The first-order valence-corrected chi connectivity index (χ1v) is 6.82. The van der Waals surface area contributed by atoms with Crippen LogP contribution < -0.4 is 10.1 Å². The number of rotatable bonds is 6. The molecule has 2 rings (SSSR count). The molecule has 0 aliphatic carbocycles. The Hall–Kier alpha value is -2.19. The van der Waals surface area contributed by atoms with Gasteiger partial charge in [-0.15, -0.1) is 0 Å². The summed E-state index contributed by atoms with van der Waals surface area (Å²) in [7, 11) is 1.43. The van der Waals surface area contributed by atoms with Gasteiger partial charge < -0.3 is 15.2 Å². The van der Waals surface area contributed by atoms with Gasteiger partial charge in [-0.1, -0.05) is 18.2 Å². The van der Waals surface area contributed by atoms with Crippen LogP contribution in [0, 0.1) is 0 Å². The SMILES string of the molecule is COc1nccc(CNCC(O)c2ccccc2C(F)(F)F)n1. The van der Waals surface area contributed by atoms with Gasteiger partial charge in [0.05, 0.1) is 24.5 Å². The highest BCUT2D eigenvalue weighted by Gasteiger charge is 2.34. The van der Waals surface area contributed by atoms with Crippen LogP contribution in [-0.2, 0) is 12.7 Å². The van der Waals surface area contributed by atoms with Gasteiger partial charge in [0, 0.05) is 19.3 Å². The molecule has 0 aliphatic rings. The minimum atomic E-state index is -4.50. The fourth-order valence-electron chi connectivity index (χ4n) is 2.07. The van der Waals surface area contributed by atoms with E-state index < -0.39 is 17.8 Å². The largest absolute Gasteiger partial charge is 0.467 e.